The van der Waals surface area contributed by atoms with Crippen molar-refractivity contribution in [3.63, 3.8) is 0 Å². The quantitative estimate of drug-likeness (QED) is 0.672. The third-order valence-electron chi connectivity index (χ3n) is 4.40. The predicted molar refractivity (Wildman–Crippen MR) is 92.3 cm³/mol. The number of rotatable bonds is 4. The van der Waals surface area contributed by atoms with Crippen LogP contribution in [0.15, 0.2) is 46.2 Å². The molecule has 128 valence electrons. The average Bonchev–Trinajstić information content (AvgIpc) is 3.01. The molecule has 4 rings (SSSR count). The van der Waals surface area contributed by atoms with Crippen molar-refractivity contribution in [3.8, 4) is 10.6 Å². The Morgan fingerprint density at radius 3 is 2.72 bits per heavy atom. The summed E-state index contributed by atoms with van der Waals surface area (Å²) in [5.74, 6) is -0.343. The molecule has 0 atom stereocenters. The number of nitrogens with zero attached hydrogens (tertiary/aromatic N) is 4. The van der Waals surface area contributed by atoms with Crippen LogP contribution in [-0.2, 0) is 6.54 Å². The van der Waals surface area contributed by atoms with Gasteiger partial charge in [0, 0.05) is 24.0 Å². The van der Waals surface area contributed by atoms with E-state index in [1.807, 2.05) is 0 Å². The largest absolute Gasteiger partial charge is 0.316 e. The lowest BCUT2D eigenvalue weighted by atomic mass is 9.93. The van der Waals surface area contributed by atoms with Crippen molar-refractivity contribution in [2.24, 2.45) is 0 Å². The van der Waals surface area contributed by atoms with Crippen molar-refractivity contribution < 1.29 is 4.39 Å². The van der Waals surface area contributed by atoms with Crippen molar-refractivity contribution in [1.29, 1.82) is 0 Å². The van der Waals surface area contributed by atoms with Crippen molar-refractivity contribution >= 4 is 11.3 Å². The Morgan fingerprint density at radius 2 is 2.00 bits per heavy atom. The Balaban J connectivity index is 1.60. The summed E-state index contributed by atoms with van der Waals surface area (Å²) in [6.07, 6.45) is 6.26. The first-order valence-electron chi connectivity index (χ1n) is 8.02. The van der Waals surface area contributed by atoms with Crippen LogP contribution in [0.2, 0.25) is 0 Å². The average molecular weight is 358 g/mol. The predicted octanol–water partition coefficient (Wildman–Crippen LogP) is 2.44. The Morgan fingerprint density at radius 1 is 1.16 bits per heavy atom. The zero-order valence-corrected chi connectivity index (χ0v) is 14.1. The molecular weight excluding hydrogens is 343 g/mol. The second-order valence-corrected chi connectivity index (χ2v) is 7.10. The molecule has 0 aliphatic heterocycles. The number of aromatic nitrogens is 4. The minimum atomic E-state index is -0.558. The molecule has 1 fully saturated rings. The molecule has 0 bridgehead atoms. The van der Waals surface area contributed by atoms with Crippen LogP contribution in [0.25, 0.3) is 10.6 Å². The van der Waals surface area contributed by atoms with Crippen LogP contribution >= 0.6 is 11.3 Å². The summed E-state index contributed by atoms with van der Waals surface area (Å²) in [5.41, 5.74) is -0.421. The van der Waals surface area contributed by atoms with Gasteiger partial charge in [0.15, 0.2) is 0 Å². The van der Waals surface area contributed by atoms with E-state index in [2.05, 4.69) is 10.2 Å². The zero-order valence-electron chi connectivity index (χ0n) is 13.3. The molecule has 0 spiro atoms. The van der Waals surface area contributed by atoms with E-state index in [0.717, 1.165) is 19.3 Å². The molecule has 0 amide bonds. The molecule has 8 heteroatoms. The molecule has 2 aromatic heterocycles. The summed E-state index contributed by atoms with van der Waals surface area (Å²) < 4.78 is 16.2. The monoisotopic (exact) mass is 358 g/mol. The van der Waals surface area contributed by atoms with E-state index in [0.29, 0.717) is 15.6 Å². The lowest BCUT2D eigenvalue weighted by Gasteiger charge is -2.27. The minimum Gasteiger partial charge on any atom is -0.306 e. The smallest absolute Gasteiger partial charge is 0.306 e. The summed E-state index contributed by atoms with van der Waals surface area (Å²) in [6.45, 7) is 0.173. The lowest BCUT2D eigenvalue weighted by Crippen LogP contribution is -2.43. The van der Waals surface area contributed by atoms with Crippen molar-refractivity contribution in [2.45, 2.75) is 31.8 Å². The molecule has 2 heterocycles. The van der Waals surface area contributed by atoms with Gasteiger partial charge in [-0.05, 0) is 31.4 Å². The third kappa shape index (κ3) is 3.05. The zero-order chi connectivity index (χ0) is 17.4. The maximum Gasteiger partial charge on any atom is 0.316 e. The first-order chi connectivity index (χ1) is 12.1. The first-order valence-corrected chi connectivity index (χ1v) is 8.83. The molecule has 0 unspecified atom stereocenters. The summed E-state index contributed by atoms with van der Waals surface area (Å²) in [5, 5.41) is 9.26. The Bertz CT molecular complexity index is 1040. The van der Waals surface area contributed by atoms with Gasteiger partial charge < -0.3 is 9.13 Å². The van der Waals surface area contributed by atoms with Crippen LogP contribution in [0.1, 0.15) is 30.3 Å². The number of halogens is 1. The van der Waals surface area contributed by atoms with Crippen LogP contribution in [0.5, 0.6) is 0 Å². The van der Waals surface area contributed by atoms with Gasteiger partial charge in [0.25, 0.3) is 0 Å². The summed E-state index contributed by atoms with van der Waals surface area (Å²) >= 11 is 1.27. The van der Waals surface area contributed by atoms with E-state index in [4.69, 9.17) is 0 Å². The second kappa shape index (κ2) is 6.36. The number of hydrogen-bond acceptors (Lipinski definition) is 5. The van der Waals surface area contributed by atoms with E-state index in [9.17, 15) is 14.0 Å². The van der Waals surface area contributed by atoms with Crippen molar-refractivity contribution in [2.75, 3.05) is 0 Å². The molecule has 3 aromatic rings. The van der Waals surface area contributed by atoms with Crippen LogP contribution in [0, 0.1) is 5.82 Å². The molecule has 1 aliphatic rings. The normalized spacial score (nSPS) is 14.4. The fraction of sp³-hybridized carbons (Fsp3) is 0.294. The molecule has 1 aliphatic carbocycles. The highest BCUT2D eigenvalue weighted by molar-refractivity contribution is 7.14. The van der Waals surface area contributed by atoms with Gasteiger partial charge in [-0.25, -0.2) is 4.39 Å². The highest BCUT2D eigenvalue weighted by Gasteiger charge is 2.21. The van der Waals surface area contributed by atoms with Gasteiger partial charge in [0.2, 0.25) is 0 Å². The third-order valence-corrected chi connectivity index (χ3v) is 5.35. The second-order valence-electron chi connectivity index (χ2n) is 6.04. The fourth-order valence-electron chi connectivity index (χ4n) is 2.80. The highest BCUT2D eigenvalue weighted by Crippen LogP contribution is 2.29. The number of hydrogen-bond donors (Lipinski definition) is 0. The van der Waals surface area contributed by atoms with Gasteiger partial charge in [0.05, 0.1) is 6.54 Å². The van der Waals surface area contributed by atoms with Gasteiger partial charge in [-0.1, -0.05) is 23.5 Å². The Hall–Kier alpha value is -2.61. The van der Waals surface area contributed by atoms with E-state index >= 15 is 0 Å². The Labute approximate surface area is 146 Å². The van der Waals surface area contributed by atoms with Crippen molar-refractivity contribution in [3.05, 3.63) is 68.2 Å². The van der Waals surface area contributed by atoms with Crippen molar-refractivity contribution in [1.82, 2.24) is 19.3 Å². The van der Waals surface area contributed by atoms with Crippen LogP contribution in [0.3, 0.4) is 0 Å². The highest BCUT2D eigenvalue weighted by atomic mass is 32.1. The van der Waals surface area contributed by atoms with E-state index in [-0.39, 0.29) is 18.4 Å². The standard InChI is InChI=1S/C17H15FN4O2S/c18-12-4-1-3-11(9-12)15-20-19-14(25-15)10-21-7-8-22(13-5-2-6-13)17(24)16(21)23/h1,3-4,7-9,13H,2,5-6,10H2. The lowest BCUT2D eigenvalue weighted by molar-refractivity contribution is 0.303. The van der Waals surface area contributed by atoms with E-state index in [1.54, 1.807) is 24.5 Å². The van der Waals surface area contributed by atoms with Gasteiger partial charge in [-0.15, -0.1) is 10.2 Å². The molecule has 1 saturated carbocycles. The summed E-state index contributed by atoms with van der Waals surface area (Å²) in [7, 11) is 0. The molecule has 25 heavy (non-hydrogen) atoms. The van der Waals surface area contributed by atoms with Gasteiger partial charge >= 0.3 is 11.1 Å². The number of benzene rings is 1. The molecule has 6 nitrogen and oxygen atoms in total. The molecule has 0 saturated heterocycles. The topological polar surface area (TPSA) is 69.8 Å². The van der Waals surface area contributed by atoms with Crippen LogP contribution in [-0.4, -0.2) is 19.3 Å². The maximum absolute atomic E-state index is 13.3. The van der Waals surface area contributed by atoms with Crippen LogP contribution < -0.4 is 11.1 Å². The summed E-state index contributed by atoms with van der Waals surface area (Å²) in [4.78, 5) is 24.5. The van der Waals surface area contributed by atoms with Gasteiger partial charge in [-0.3, -0.25) is 9.59 Å². The fourth-order valence-corrected chi connectivity index (χ4v) is 3.63. The Kier molecular flexibility index (Phi) is 4.04. The van der Waals surface area contributed by atoms with E-state index < -0.39 is 11.1 Å². The molecule has 0 radical (unpaired) electrons. The summed E-state index contributed by atoms with van der Waals surface area (Å²) in [6, 6.07) is 6.25. The molecular formula is C17H15FN4O2S. The molecule has 1 aromatic carbocycles. The van der Waals surface area contributed by atoms with Gasteiger partial charge in [-0.2, -0.15) is 0 Å². The van der Waals surface area contributed by atoms with Crippen LogP contribution in [0.4, 0.5) is 4.39 Å². The van der Waals surface area contributed by atoms with E-state index in [1.165, 1.54) is 32.6 Å². The minimum absolute atomic E-state index is 0.149. The molecule has 0 N–H and O–H groups in total. The maximum atomic E-state index is 13.3. The first kappa shape index (κ1) is 15.9. The van der Waals surface area contributed by atoms with Gasteiger partial charge in [0.1, 0.15) is 15.8 Å². The SMILES string of the molecule is O=c1c(=O)n(C2CCC2)ccn1Cc1nnc(-c2cccc(F)c2)s1.